The Balaban J connectivity index is 1.53. The van der Waals surface area contributed by atoms with Crippen LogP contribution in [0.2, 0.25) is 0 Å². The monoisotopic (exact) mass is 426 g/mol. The molecule has 0 radical (unpaired) electrons. The minimum Gasteiger partial charge on any atom is -0.457 e. The van der Waals surface area contributed by atoms with Gasteiger partial charge in [-0.25, -0.2) is 0 Å². The minimum atomic E-state index is -0.449. The minimum absolute atomic E-state index is 0.0163. The summed E-state index contributed by atoms with van der Waals surface area (Å²) >= 11 is 0.929. The Morgan fingerprint density at radius 3 is 2.70 bits per heavy atom. The Hall–Kier alpha value is -2.87. The van der Waals surface area contributed by atoms with Gasteiger partial charge in [0.1, 0.15) is 11.5 Å². The van der Waals surface area contributed by atoms with Crippen LogP contribution in [-0.4, -0.2) is 27.5 Å². The highest BCUT2D eigenvalue weighted by Gasteiger charge is 2.36. The van der Waals surface area contributed by atoms with Gasteiger partial charge in [0.15, 0.2) is 0 Å². The molecule has 0 N–H and O–H groups in total. The highest BCUT2D eigenvalue weighted by Crippen LogP contribution is 2.36. The summed E-state index contributed by atoms with van der Waals surface area (Å²) in [7, 11) is 0. The third-order valence-corrected chi connectivity index (χ3v) is 6.54. The second kappa shape index (κ2) is 8.47. The number of non-ortho nitro benzene ring substituents is 1. The summed E-state index contributed by atoms with van der Waals surface area (Å²) < 4.78 is 5.82. The topological polar surface area (TPSA) is 93.7 Å². The number of amides is 2. The molecule has 30 heavy (non-hydrogen) atoms. The van der Waals surface area contributed by atoms with Crippen LogP contribution < -0.4 is 0 Å². The van der Waals surface area contributed by atoms with Gasteiger partial charge in [0.05, 0.1) is 9.83 Å². The lowest BCUT2D eigenvalue weighted by atomic mass is 9.89. The van der Waals surface area contributed by atoms with E-state index < -0.39 is 4.92 Å². The Morgan fingerprint density at radius 1 is 1.20 bits per heavy atom. The number of imide groups is 1. The molecular formula is C22H22N2O5S. The number of aryl methyl sites for hydroxylation is 1. The molecule has 2 aromatic rings. The molecule has 1 aromatic carbocycles. The molecule has 2 heterocycles. The number of carbonyl (C=O) groups is 2. The van der Waals surface area contributed by atoms with Gasteiger partial charge in [0.2, 0.25) is 0 Å². The molecule has 0 unspecified atom stereocenters. The molecule has 0 bridgehead atoms. The van der Waals surface area contributed by atoms with Crippen molar-refractivity contribution < 1.29 is 18.9 Å². The SMILES string of the molecule is Cc1ccc([N+](=O)[O-])cc1-c1ccc(/C=C2/SC(=O)N(CC3CCCCC3)C2=O)o1. The molecule has 8 heteroatoms. The van der Waals surface area contributed by atoms with E-state index in [1.54, 1.807) is 24.3 Å². The molecule has 1 saturated carbocycles. The van der Waals surface area contributed by atoms with Crippen molar-refractivity contribution in [2.45, 2.75) is 39.0 Å². The van der Waals surface area contributed by atoms with Crippen molar-refractivity contribution >= 4 is 34.7 Å². The summed E-state index contributed by atoms with van der Waals surface area (Å²) in [6, 6.07) is 8.00. The van der Waals surface area contributed by atoms with Crippen molar-refractivity contribution in [2.24, 2.45) is 5.92 Å². The number of hydrogen-bond donors (Lipinski definition) is 0. The molecule has 4 rings (SSSR count). The van der Waals surface area contributed by atoms with Gasteiger partial charge in [-0.2, -0.15) is 0 Å². The Morgan fingerprint density at radius 2 is 1.97 bits per heavy atom. The fraction of sp³-hybridized carbons (Fsp3) is 0.364. The van der Waals surface area contributed by atoms with Crippen molar-refractivity contribution in [3.05, 3.63) is 56.7 Å². The van der Waals surface area contributed by atoms with E-state index >= 15 is 0 Å². The number of thioether (sulfide) groups is 1. The van der Waals surface area contributed by atoms with Gasteiger partial charge in [-0.15, -0.1) is 0 Å². The maximum atomic E-state index is 12.7. The molecule has 1 saturated heterocycles. The van der Waals surface area contributed by atoms with E-state index in [9.17, 15) is 19.7 Å². The van der Waals surface area contributed by atoms with E-state index in [4.69, 9.17) is 4.42 Å². The molecule has 0 spiro atoms. The zero-order valence-electron chi connectivity index (χ0n) is 16.6. The van der Waals surface area contributed by atoms with Gasteiger partial charge in [0, 0.05) is 30.3 Å². The van der Waals surface area contributed by atoms with Crippen molar-refractivity contribution in [3.8, 4) is 11.3 Å². The van der Waals surface area contributed by atoms with Crippen molar-refractivity contribution in [1.29, 1.82) is 0 Å². The van der Waals surface area contributed by atoms with E-state index in [1.807, 2.05) is 6.92 Å². The van der Waals surface area contributed by atoms with Gasteiger partial charge in [-0.05, 0) is 55.1 Å². The first-order valence-electron chi connectivity index (χ1n) is 10.0. The number of hydrogen-bond acceptors (Lipinski definition) is 6. The first-order chi connectivity index (χ1) is 14.4. The standard InChI is InChI=1S/C22H22N2O5S/c1-14-7-8-16(24(27)28)11-18(14)19-10-9-17(29-19)12-20-21(25)23(22(26)30-20)13-15-5-3-2-4-6-15/h7-12,15H,2-6,13H2,1H3/b20-12+. The number of nitro benzene ring substituents is 1. The average molecular weight is 426 g/mol. The predicted molar refractivity (Wildman–Crippen MR) is 115 cm³/mol. The van der Waals surface area contributed by atoms with Crippen LogP contribution in [0.3, 0.4) is 0 Å². The molecule has 2 amide bonds. The summed E-state index contributed by atoms with van der Waals surface area (Å²) in [4.78, 5) is 37.4. The van der Waals surface area contributed by atoms with Gasteiger partial charge in [0.25, 0.3) is 16.8 Å². The summed E-state index contributed by atoms with van der Waals surface area (Å²) in [5, 5.41) is 10.8. The van der Waals surface area contributed by atoms with E-state index in [1.165, 1.54) is 23.5 Å². The second-order valence-electron chi connectivity index (χ2n) is 7.75. The fourth-order valence-corrected chi connectivity index (χ4v) is 4.81. The molecule has 0 atom stereocenters. The average Bonchev–Trinajstić information content (AvgIpc) is 3.29. The van der Waals surface area contributed by atoms with Crippen LogP contribution in [0.4, 0.5) is 10.5 Å². The van der Waals surface area contributed by atoms with E-state index in [2.05, 4.69) is 0 Å². The van der Waals surface area contributed by atoms with E-state index in [-0.39, 0.29) is 16.8 Å². The Kier molecular flexibility index (Phi) is 5.76. The predicted octanol–water partition coefficient (Wildman–Crippen LogP) is 5.78. The van der Waals surface area contributed by atoms with Gasteiger partial charge in [-0.1, -0.05) is 25.3 Å². The number of carbonyl (C=O) groups excluding carboxylic acids is 2. The van der Waals surface area contributed by atoms with Crippen molar-refractivity contribution in [2.75, 3.05) is 6.54 Å². The van der Waals surface area contributed by atoms with Crippen LogP contribution in [0.1, 0.15) is 43.4 Å². The first kappa shape index (κ1) is 20.4. The zero-order chi connectivity index (χ0) is 21.3. The summed E-state index contributed by atoms with van der Waals surface area (Å²) in [6.07, 6.45) is 7.23. The number of benzene rings is 1. The third-order valence-electron chi connectivity index (χ3n) is 5.64. The molecule has 2 fully saturated rings. The van der Waals surface area contributed by atoms with Crippen LogP contribution in [0.25, 0.3) is 17.4 Å². The fourth-order valence-electron chi connectivity index (χ4n) is 3.98. The summed E-state index contributed by atoms with van der Waals surface area (Å²) in [5.74, 6) is 1.02. The Labute approximate surface area is 178 Å². The van der Waals surface area contributed by atoms with E-state index in [0.717, 1.165) is 43.0 Å². The maximum Gasteiger partial charge on any atom is 0.293 e. The number of nitro groups is 1. The normalized spacial score (nSPS) is 19.1. The van der Waals surface area contributed by atoms with Crippen LogP contribution >= 0.6 is 11.8 Å². The number of nitrogens with zero attached hydrogens (tertiary/aromatic N) is 2. The lowest BCUT2D eigenvalue weighted by Crippen LogP contribution is -2.34. The number of rotatable bonds is 5. The molecule has 1 aromatic heterocycles. The number of furan rings is 1. The van der Waals surface area contributed by atoms with Crippen LogP contribution in [0.15, 0.2) is 39.7 Å². The molecule has 1 aliphatic carbocycles. The van der Waals surface area contributed by atoms with Crippen molar-refractivity contribution in [3.63, 3.8) is 0 Å². The summed E-state index contributed by atoms with van der Waals surface area (Å²) in [5.41, 5.74) is 1.45. The third kappa shape index (κ3) is 4.18. The van der Waals surface area contributed by atoms with Crippen LogP contribution in [0, 0.1) is 23.0 Å². The lowest BCUT2D eigenvalue weighted by Gasteiger charge is -2.25. The Bertz CT molecular complexity index is 1040. The van der Waals surface area contributed by atoms with Gasteiger partial charge in [-0.3, -0.25) is 24.6 Å². The lowest BCUT2D eigenvalue weighted by molar-refractivity contribution is -0.384. The van der Waals surface area contributed by atoms with Crippen LogP contribution in [0.5, 0.6) is 0 Å². The summed E-state index contributed by atoms with van der Waals surface area (Å²) in [6.45, 7) is 2.33. The molecule has 1 aliphatic heterocycles. The largest absolute Gasteiger partial charge is 0.457 e. The quantitative estimate of drug-likeness (QED) is 0.342. The highest BCUT2D eigenvalue weighted by molar-refractivity contribution is 8.18. The smallest absolute Gasteiger partial charge is 0.293 e. The molecule has 2 aliphatic rings. The zero-order valence-corrected chi connectivity index (χ0v) is 17.4. The van der Waals surface area contributed by atoms with E-state index in [0.29, 0.717) is 34.5 Å². The first-order valence-corrected chi connectivity index (χ1v) is 10.8. The van der Waals surface area contributed by atoms with Gasteiger partial charge >= 0.3 is 0 Å². The molecule has 156 valence electrons. The van der Waals surface area contributed by atoms with Crippen molar-refractivity contribution in [1.82, 2.24) is 4.90 Å². The van der Waals surface area contributed by atoms with Crippen LogP contribution in [-0.2, 0) is 4.79 Å². The second-order valence-corrected chi connectivity index (χ2v) is 8.75. The maximum absolute atomic E-state index is 12.7. The highest BCUT2D eigenvalue weighted by atomic mass is 32.2. The van der Waals surface area contributed by atoms with Gasteiger partial charge < -0.3 is 4.42 Å². The molecular weight excluding hydrogens is 404 g/mol. The molecule has 7 nitrogen and oxygen atoms in total.